The average Bonchev–Trinajstić information content (AvgIpc) is 2.46. The second kappa shape index (κ2) is 6.20. The molecule has 19 heavy (non-hydrogen) atoms. The first-order valence-corrected chi connectivity index (χ1v) is 7.17. The molecular weight excluding hydrogens is 238 g/mol. The van der Waals surface area contributed by atoms with Gasteiger partial charge in [0.05, 0.1) is 11.5 Å². The second-order valence-electron chi connectivity index (χ2n) is 5.69. The van der Waals surface area contributed by atoms with Crippen LogP contribution in [0.5, 0.6) is 0 Å². The average molecular weight is 261 g/mol. The Hall–Kier alpha value is -1.35. The first kappa shape index (κ1) is 14.1. The molecule has 0 aromatic heterocycles. The van der Waals surface area contributed by atoms with E-state index in [0.29, 0.717) is 0 Å². The van der Waals surface area contributed by atoms with Crippen molar-refractivity contribution in [3.8, 4) is 0 Å². The van der Waals surface area contributed by atoms with E-state index >= 15 is 0 Å². The molecule has 3 heteroatoms. The highest BCUT2D eigenvalue weighted by molar-refractivity contribution is 5.71. The third-order valence-corrected chi connectivity index (χ3v) is 3.85. The lowest BCUT2D eigenvalue weighted by atomic mass is 9.77. The quantitative estimate of drug-likeness (QED) is 0.842. The van der Waals surface area contributed by atoms with Gasteiger partial charge in [-0.15, -0.1) is 5.48 Å². The zero-order valence-electron chi connectivity index (χ0n) is 11.8. The fourth-order valence-electron chi connectivity index (χ4n) is 2.63. The molecule has 1 N–H and O–H groups in total. The van der Waals surface area contributed by atoms with Crippen molar-refractivity contribution in [3.05, 3.63) is 35.9 Å². The molecule has 0 aliphatic heterocycles. The van der Waals surface area contributed by atoms with Crippen molar-refractivity contribution in [2.24, 2.45) is 5.92 Å². The Morgan fingerprint density at radius 1 is 1.16 bits per heavy atom. The van der Waals surface area contributed by atoms with Crippen molar-refractivity contribution in [2.75, 3.05) is 0 Å². The van der Waals surface area contributed by atoms with E-state index in [9.17, 15) is 4.79 Å². The van der Waals surface area contributed by atoms with Crippen LogP contribution in [0.15, 0.2) is 30.3 Å². The number of hydroxylamine groups is 1. The monoisotopic (exact) mass is 261 g/mol. The van der Waals surface area contributed by atoms with Crippen LogP contribution >= 0.6 is 0 Å². The van der Waals surface area contributed by atoms with Gasteiger partial charge in [0, 0.05) is 0 Å². The summed E-state index contributed by atoms with van der Waals surface area (Å²) < 4.78 is 0. The largest absolute Gasteiger partial charge is 0.370 e. The maximum Gasteiger partial charge on any atom is 0.327 e. The fraction of sp³-hybridized carbons (Fsp3) is 0.562. The molecule has 0 heterocycles. The lowest BCUT2D eigenvalue weighted by molar-refractivity contribution is -0.162. The molecule has 0 saturated heterocycles. The van der Waals surface area contributed by atoms with Crippen molar-refractivity contribution < 1.29 is 9.63 Å². The number of rotatable bonds is 4. The maximum absolute atomic E-state index is 11.7. The van der Waals surface area contributed by atoms with Crippen LogP contribution in [0.2, 0.25) is 0 Å². The molecule has 0 amide bonds. The van der Waals surface area contributed by atoms with Crippen LogP contribution in [-0.4, -0.2) is 5.97 Å². The summed E-state index contributed by atoms with van der Waals surface area (Å²) in [5.74, 6) is -0.301. The van der Waals surface area contributed by atoms with Gasteiger partial charge in [-0.3, -0.25) is 4.79 Å². The molecule has 1 aliphatic rings. The predicted molar refractivity (Wildman–Crippen MR) is 75.3 cm³/mol. The molecule has 1 aromatic carbocycles. The van der Waals surface area contributed by atoms with E-state index in [-0.39, 0.29) is 17.4 Å². The molecule has 1 fully saturated rings. The third kappa shape index (κ3) is 3.35. The van der Waals surface area contributed by atoms with Crippen LogP contribution < -0.4 is 5.48 Å². The molecule has 1 saturated carbocycles. The molecular formula is C16H23NO2. The summed E-state index contributed by atoms with van der Waals surface area (Å²) in [7, 11) is 0. The van der Waals surface area contributed by atoms with E-state index in [4.69, 9.17) is 4.84 Å². The predicted octanol–water partition coefficient (Wildman–Crippen LogP) is 3.55. The van der Waals surface area contributed by atoms with E-state index < -0.39 is 0 Å². The molecule has 0 radical (unpaired) electrons. The number of carbonyl (C=O) groups is 1. The fourth-order valence-corrected chi connectivity index (χ4v) is 2.63. The minimum atomic E-state index is -0.204. The van der Waals surface area contributed by atoms with Crippen LogP contribution in [0.3, 0.4) is 0 Å². The van der Waals surface area contributed by atoms with E-state index in [1.54, 1.807) is 0 Å². The first-order chi connectivity index (χ1) is 9.14. The van der Waals surface area contributed by atoms with E-state index in [1.165, 1.54) is 24.8 Å². The molecule has 0 atom stereocenters. The summed E-state index contributed by atoms with van der Waals surface area (Å²) >= 11 is 0. The molecule has 0 unspecified atom stereocenters. The summed E-state index contributed by atoms with van der Waals surface area (Å²) in [4.78, 5) is 17.0. The van der Waals surface area contributed by atoms with E-state index in [0.717, 1.165) is 12.8 Å². The highest BCUT2D eigenvalue weighted by Gasteiger charge is 2.35. The second-order valence-corrected chi connectivity index (χ2v) is 5.69. The summed E-state index contributed by atoms with van der Waals surface area (Å²) in [6.45, 7) is 3.69. The smallest absolute Gasteiger partial charge is 0.327 e. The van der Waals surface area contributed by atoms with E-state index in [1.807, 2.05) is 32.0 Å². The highest BCUT2D eigenvalue weighted by Crippen LogP contribution is 2.37. The summed E-state index contributed by atoms with van der Waals surface area (Å²) in [6, 6.07) is 10.3. The van der Waals surface area contributed by atoms with Gasteiger partial charge in [-0.2, -0.15) is 0 Å². The number of hydrogen-bond donors (Lipinski definition) is 1. The van der Waals surface area contributed by atoms with Crippen molar-refractivity contribution in [2.45, 2.75) is 51.5 Å². The normalized spacial score (nSPS) is 18.3. The number of benzene rings is 1. The maximum atomic E-state index is 11.7. The lowest BCUT2D eigenvalue weighted by Crippen LogP contribution is -2.45. The Morgan fingerprint density at radius 2 is 1.79 bits per heavy atom. The molecule has 2 rings (SSSR count). The Balaban J connectivity index is 2.14. The summed E-state index contributed by atoms with van der Waals surface area (Å²) in [5.41, 5.74) is 4.09. The van der Waals surface area contributed by atoms with Crippen LogP contribution in [0.4, 0.5) is 0 Å². The van der Waals surface area contributed by atoms with Gasteiger partial charge in [0.2, 0.25) is 0 Å². The van der Waals surface area contributed by atoms with Crippen LogP contribution in [0.25, 0.3) is 0 Å². The standard InChI is InChI=1S/C16H23NO2/c1-13(2)15(18)19-17-16(11-7-4-8-12-16)14-9-5-3-6-10-14/h3,5-6,9-10,13,17H,4,7-8,11-12H2,1-2H3. The highest BCUT2D eigenvalue weighted by atomic mass is 16.7. The summed E-state index contributed by atoms with van der Waals surface area (Å²) in [5, 5.41) is 0. The van der Waals surface area contributed by atoms with Crippen LogP contribution in [0.1, 0.15) is 51.5 Å². The molecule has 3 nitrogen and oxygen atoms in total. The van der Waals surface area contributed by atoms with Crippen LogP contribution in [-0.2, 0) is 15.2 Å². The third-order valence-electron chi connectivity index (χ3n) is 3.85. The number of carbonyl (C=O) groups excluding carboxylic acids is 1. The lowest BCUT2D eigenvalue weighted by Gasteiger charge is -2.37. The van der Waals surface area contributed by atoms with Gasteiger partial charge in [-0.1, -0.05) is 63.4 Å². The molecule has 0 bridgehead atoms. The zero-order chi connectivity index (χ0) is 13.7. The van der Waals surface area contributed by atoms with Gasteiger partial charge in [-0.05, 0) is 18.4 Å². The Morgan fingerprint density at radius 3 is 2.37 bits per heavy atom. The SMILES string of the molecule is CC(C)C(=O)ONC1(c2ccccc2)CCCCC1. The summed E-state index contributed by atoms with van der Waals surface area (Å²) in [6.07, 6.45) is 5.63. The zero-order valence-corrected chi connectivity index (χ0v) is 11.8. The topological polar surface area (TPSA) is 38.3 Å². The molecule has 1 aromatic rings. The number of nitrogens with one attached hydrogen (secondary N) is 1. The van der Waals surface area contributed by atoms with Crippen molar-refractivity contribution >= 4 is 5.97 Å². The molecule has 104 valence electrons. The van der Waals surface area contributed by atoms with Crippen molar-refractivity contribution in [3.63, 3.8) is 0 Å². The van der Waals surface area contributed by atoms with Gasteiger partial charge >= 0.3 is 5.97 Å². The van der Waals surface area contributed by atoms with E-state index in [2.05, 4.69) is 17.6 Å². The van der Waals surface area contributed by atoms with Crippen molar-refractivity contribution in [1.29, 1.82) is 0 Å². The molecule has 0 spiro atoms. The Bertz CT molecular complexity index is 408. The van der Waals surface area contributed by atoms with Gasteiger partial charge in [0.25, 0.3) is 0 Å². The minimum Gasteiger partial charge on any atom is -0.370 e. The molecule has 1 aliphatic carbocycles. The van der Waals surface area contributed by atoms with Gasteiger partial charge in [0.15, 0.2) is 0 Å². The van der Waals surface area contributed by atoms with Gasteiger partial charge < -0.3 is 4.84 Å². The number of hydrogen-bond acceptors (Lipinski definition) is 3. The minimum absolute atomic E-state index is 0.107. The Labute approximate surface area is 115 Å². The first-order valence-electron chi connectivity index (χ1n) is 7.17. The van der Waals surface area contributed by atoms with Gasteiger partial charge in [0.1, 0.15) is 0 Å². The van der Waals surface area contributed by atoms with Gasteiger partial charge in [-0.25, -0.2) is 0 Å². The van der Waals surface area contributed by atoms with Crippen LogP contribution in [0, 0.1) is 5.92 Å². The Kier molecular flexibility index (Phi) is 4.59. The van der Waals surface area contributed by atoms with Crippen molar-refractivity contribution in [1.82, 2.24) is 5.48 Å².